The summed E-state index contributed by atoms with van der Waals surface area (Å²) < 4.78 is 0. The molecule has 1 aromatic heterocycles. The summed E-state index contributed by atoms with van der Waals surface area (Å²) in [6, 6.07) is 10.3. The number of aromatic amines is 1. The molecule has 0 spiro atoms. The number of benzene rings is 1. The minimum Gasteiger partial charge on any atom is -0.361 e. The van der Waals surface area contributed by atoms with E-state index in [0.717, 1.165) is 24.8 Å². The number of rotatable bonds is 4. The topological polar surface area (TPSA) is 32.9 Å². The Morgan fingerprint density at radius 3 is 2.57 bits per heavy atom. The zero-order chi connectivity index (χ0) is 15.1. The normalized spacial score (nSPS) is 14.5. The van der Waals surface area contributed by atoms with Crippen LogP contribution in [0.5, 0.6) is 0 Å². The third kappa shape index (κ3) is 4.32. The molecule has 0 fully saturated rings. The van der Waals surface area contributed by atoms with E-state index < -0.39 is 0 Å². The molecule has 0 saturated heterocycles. The van der Waals surface area contributed by atoms with Crippen LogP contribution in [0, 0.1) is 0 Å². The van der Waals surface area contributed by atoms with Crippen molar-refractivity contribution in [2.24, 2.45) is 0 Å². The average Bonchev–Trinajstić information content (AvgIpc) is 3.10. The van der Waals surface area contributed by atoms with Gasteiger partial charge in [-0.2, -0.15) is 0 Å². The Kier molecular flexibility index (Phi) is 5.79. The van der Waals surface area contributed by atoms with Gasteiger partial charge in [0, 0.05) is 18.1 Å². The van der Waals surface area contributed by atoms with Crippen LogP contribution in [-0.4, -0.2) is 10.8 Å². The first-order valence-electron chi connectivity index (χ1n) is 7.96. The van der Waals surface area contributed by atoms with Crippen LogP contribution in [0.1, 0.15) is 52.4 Å². The molecule has 1 heterocycles. The lowest BCUT2D eigenvalue weighted by molar-refractivity contribution is -0.114. The van der Waals surface area contributed by atoms with Crippen LogP contribution in [0.2, 0.25) is 0 Å². The fourth-order valence-electron chi connectivity index (χ4n) is 2.73. The number of Topliss-reactive ketones (excluding diaryl/α,β-unsaturated/α-hetero) is 1. The number of aromatic nitrogens is 1. The second-order valence-electron chi connectivity index (χ2n) is 5.67. The summed E-state index contributed by atoms with van der Waals surface area (Å²) in [6.07, 6.45) is 8.74. The monoisotopic (exact) mass is 283 g/mol. The van der Waals surface area contributed by atoms with Gasteiger partial charge in [-0.05, 0) is 49.3 Å². The Balaban J connectivity index is 0.000000159. The Morgan fingerprint density at radius 1 is 1.10 bits per heavy atom. The first-order valence-corrected chi connectivity index (χ1v) is 7.96. The lowest BCUT2D eigenvalue weighted by Gasteiger charge is -2.01. The van der Waals surface area contributed by atoms with E-state index in [4.69, 9.17) is 0 Å². The van der Waals surface area contributed by atoms with E-state index in [1.54, 1.807) is 0 Å². The number of unbranched alkanes of at least 4 members (excludes halogenated alkanes) is 2. The van der Waals surface area contributed by atoms with Gasteiger partial charge in [0.2, 0.25) is 0 Å². The summed E-state index contributed by atoms with van der Waals surface area (Å²) in [5, 5.41) is 1.28. The Labute approximate surface area is 127 Å². The van der Waals surface area contributed by atoms with Crippen molar-refractivity contribution in [1.29, 1.82) is 0 Å². The maximum absolute atomic E-state index is 11.2. The Bertz CT molecular complexity index is 591. The zero-order valence-electron chi connectivity index (χ0n) is 13.1. The molecule has 112 valence electrons. The van der Waals surface area contributed by atoms with Gasteiger partial charge in [-0.1, -0.05) is 43.5 Å². The molecule has 21 heavy (non-hydrogen) atoms. The second-order valence-corrected chi connectivity index (χ2v) is 5.67. The molecule has 1 N–H and O–H groups in total. The number of para-hydroxylation sites is 1. The first-order chi connectivity index (χ1) is 10.2. The molecule has 2 nitrogen and oxygen atoms in total. The smallest absolute Gasteiger partial charge is 0.158 e. The summed E-state index contributed by atoms with van der Waals surface area (Å²) in [5.74, 6) is 0.376. The van der Waals surface area contributed by atoms with E-state index in [-0.39, 0.29) is 0 Å². The average molecular weight is 283 g/mol. The molecule has 0 amide bonds. The first kappa shape index (κ1) is 15.6. The number of H-pyrrole nitrogens is 1. The number of fused-ring (bicyclic) bond motifs is 1. The number of carbonyl (C=O) groups excluding carboxylic acids is 1. The van der Waals surface area contributed by atoms with Gasteiger partial charge in [-0.15, -0.1) is 0 Å². The summed E-state index contributed by atoms with van der Waals surface area (Å²) in [4.78, 5) is 14.3. The summed E-state index contributed by atoms with van der Waals surface area (Å²) >= 11 is 0. The van der Waals surface area contributed by atoms with E-state index in [1.165, 1.54) is 35.7 Å². The predicted octanol–water partition coefficient (Wildman–Crippen LogP) is 5.41. The lowest BCUT2D eigenvalue weighted by Crippen LogP contribution is -1.90. The highest BCUT2D eigenvalue weighted by molar-refractivity contribution is 5.98. The maximum Gasteiger partial charge on any atom is 0.158 e. The standard InChI is InChI=1S/C11H18O.C8H7N/c1-3-4-5-6-10-7-8-11(12)9(10)2;1-2-4-8-7(3-1)5-6-9-8/h3-8H2,1-2H3;1-6,9H. The molecule has 1 aliphatic rings. The van der Waals surface area contributed by atoms with Gasteiger partial charge in [-0.3, -0.25) is 4.79 Å². The van der Waals surface area contributed by atoms with Gasteiger partial charge >= 0.3 is 0 Å². The number of nitrogens with one attached hydrogen (secondary N) is 1. The Hall–Kier alpha value is -1.83. The van der Waals surface area contributed by atoms with Crippen molar-refractivity contribution < 1.29 is 4.79 Å². The lowest BCUT2D eigenvalue weighted by atomic mass is 10.0. The number of allylic oxidation sites excluding steroid dienone is 2. The highest BCUT2D eigenvalue weighted by Crippen LogP contribution is 2.26. The zero-order valence-corrected chi connectivity index (χ0v) is 13.1. The highest BCUT2D eigenvalue weighted by atomic mass is 16.1. The molecule has 1 aromatic carbocycles. The number of hydrogen-bond acceptors (Lipinski definition) is 1. The van der Waals surface area contributed by atoms with Crippen LogP contribution < -0.4 is 0 Å². The Morgan fingerprint density at radius 2 is 1.90 bits per heavy atom. The summed E-state index contributed by atoms with van der Waals surface area (Å²) in [5.41, 5.74) is 3.69. The molecule has 2 aromatic rings. The van der Waals surface area contributed by atoms with Gasteiger partial charge in [0.15, 0.2) is 5.78 Å². The predicted molar refractivity (Wildman–Crippen MR) is 89.4 cm³/mol. The third-order valence-electron chi connectivity index (χ3n) is 4.15. The fourth-order valence-corrected chi connectivity index (χ4v) is 2.73. The molecule has 0 saturated carbocycles. The van der Waals surface area contributed by atoms with Gasteiger partial charge in [0.1, 0.15) is 0 Å². The van der Waals surface area contributed by atoms with Crippen molar-refractivity contribution in [3.63, 3.8) is 0 Å². The molecule has 0 radical (unpaired) electrons. The molecular weight excluding hydrogens is 258 g/mol. The van der Waals surface area contributed by atoms with Crippen molar-refractivity contribution in [2.75, 3.05) is 0 Å². The largest absolute Gasteiger partial charge is 0.361 e. The highest BCUT2D eigenvalue weighted by Gasteiger charge is 2.17. The van der Waals surface area contributed by atoms with E-state index >= 15 is 0 Å². The van der Waals surface area contributed by atoms with Crippen LogP contribution in [0.3, 0.4) is 0 Å². The van der Waals surface area contributed by atoms with Crippen molar-refractivity contribution in [2.45, 2.75) is 52.4 Å². The molecule has 3 rings (SSSR count). The van der Waals surface area contributed by atoms with Crippen molar-refractivity contribution in [3.8, 4) is 0 Å². The van der Waals surface area contributed by atoms with E-state index in [2.05, 4.69) is 30.1 Å². The van der Waals surface area contributed by atoms with Crippen LogP contribution in [0.4, 0.5) is 0 Å². The molecule has 0 unspecified atom stereocenters. The minimum absolute atomic E-state index is 0.376. The number of ketones is 1. The molecule has 2 heteroatoms. The van der Waals surface area contributed by atoms with Crippen molar-refractivity contribution >= 4 is 16.7 Å². The fraction of sp³-hybridized carbons (Fsp3) is 0.421. The van der Waals surface area contributed by atoms with Crippen LogP contribution >= 0.6 is 0 Å². The SMILES string of the molecule is CCCCCC1=C(C)C(=O)CC1.c1ccc2[nH]ccc2c1. The molecule has 0 atom stereocenters. The second kappa shape index (κ2) is 7.82. The van der Waals surface area contributed by atoms with Crippen LogP contribution in [-0.2, 0) is 4.79 Å². The maximum atomic E-state index is 11.2. The summed E-state index contributed by atoms with van der Waals surface area (Å²) in [7, 11) is 0. The van der Waals surface area contributed by atoms with Crippen LogP contribution in [0.25, 0.3) is 10.9 Å². The molecule has 0 bridgehead atoms. The van der Waals surface area contributed by atoms with Gasteiger partial charge in [0.25, 0.3) is 0 Å². The molecular formula is C19H25NO. The molecule has 1 aliphatic carbocycles. The summed E-state index contributed by atoms with van der Waals surface area (Å²) in [6.45, 7) is 4.19. The number of hydrogen-bond donors (Lipinski definition) is 1. The van der Waals surface area contributed by atoms with Gasteiger partial charge < -0.3 is 4.98 Å². The van der Waals surface area contributed by atoms with E-state index in [1.807, 2.05) is 25.3 Å². The molecule has 0 aliphatic heterocycles. The van der Waals surface area contributed by atoms with E-state index in [0.29, 0.717) is 5.78 Å². The van der Waals surface area contributed by atoms with Crippen molar-refractivity contribution in [3.05, 3.63) is 47.7 Å². The number of carbonyl (C=O) groups is 1. The van der Waals surface area contributed by atoms with Gasteiger partial charge in [0.05, 0.1) is 0 Å². The van der Waals surface area contributed by atoms with Crippen molar-refractivity contribution in [1.82, 2.24) is 4.98 Å². The quantitative estimate of drug-likeness (QED) is 0.747. The van der Waals surface area contributed by atoms with Gasteiger partial charge in [-0.25, -0.2) is 0 Å². The van der Waals surface area contributed by atoms with Crippen LogP contribution in [0.15, 0.2) is 47.7 Å². The van der Waals surface area contributed by atoms with E-state index in [9.17, 15) is 4.79 Å². The third-order valence-corrected chi connectivity index (χ3v) is 4.15. The minimum atomic E-state index is 0.376.